The lowest BCUT2D eigenvalue weighted by atomic mass is 9.64. The Morgan fingerprint density at radius 1 is 0.360 bits per heavy atom. The molecule has 0 aliphatic carbocycles. The van der Waals surface area contributed by atoms with Crippen LogP contribution >= 0.6 is 0 Å². The molecule has 0 bridgehead atoms. The first-order valence-electron chi connectivity index (χ1n) is 11.4. The molecule has 0 heterocycles. The van der Waals surface area contributed by atoms with Gasteiger partial charge in [-0.1, -0.05) is 96.4 Å². The zero-order valence-corrected chi connectivity index (χ0v) is 20.1. The molecular formula is C25H52. The molecule has 0 saturated carbocycles. The highest BCUT2D eigenvalue weighted by Crippen LogP contribution is 2.41. The van der Waals surface area contributed by atoms with Crippen molar-refractivity contribution in [3.8, 4) is 0 Å². The second-order valence-corrected chi connectivity index (χ2v) is 10.4. The van der Waals surface area contributed by atoms with Gasteiger partial charge < -0.3 is 0 Å². The molecule has 10 atom stereocenters. The molecule has 0 spiro atoms. The third kappa shape index (κ3) is 6.59. The maximum Gasteiger partial charge on any atom is -0.0386 e. The second kappa shape index (κ2) is 11.0. The van der Waals surface area contributed by atoms with Gasteiger partial charge in [0.15, 0.2) is 0 Å². The molecule has 0 fully saturated rings. The van der Waals surface area contributed by atoms with Crippen molar-refractivity contribution >= 4 is 0 Å². The van der Waals surface area contributed by atoms with Crippen LogP contribution in [-0.4, -0.2) is 0 Å². The summed E-state index contributed by atoms with van der Waals surface area (Å²) in [6.45, 7) is 32.0. The molecule has 0 rings (SSSR count). The van der Waals surface area contributed by atoms with Crippen LogP contribution in [0.5, 0.6) is 0 Å². The summed E-state index contributed by atoms with van der Waals surface area (Å²) in [5.41, 5.74) is 0. The summed E-state index contributed by atoms with van der Waals surface area (Å²) in [7, 11) is 0. The predicted molar refractivity (Wildman–Crippen MR) is 117 cm³/mol. The molecule has 0 radical (unpaired) electrons. The molecule has 0 heteroatoms. The van der Waals surface area contributed by atoms with E-state index in [0.29, 0.717) is 0 Å². The Kier molecular flexibility index (Phi) is 11.0. The molecule has 0 amide bonds. The van der Waals surface area contributed by atoms with Crippen LogP contribution in [0.15, 0.2) is 0 Å². The van der Waals surface area contributed by atoms with Crippen LogP contribution in [0.1, 0.15) is 96.4 Å². The minimum atomic E-state index is 0.785. The monoisotopic (exact) mass is 352 g/mol. The van der Waals surface area contributed by atoms with Gasteiger partial charge >= 0.3 is 0 Å². The fraction of sp³-hybridized carbons (Fsp3) is 1.00. The molecule has 0 nitrogen and oxygen atoms in total. The van der Waals surface area contributed by atoms with Gasteiger partial charge in [0.05, 0.1) is 0 Å². The topological polar surface area (TPSA) is 0 Å². The zero-order chi connectivity index (χ0) is 20.1. The third-order valence-electron chi connectivity index (χ3n) is 9.23. The normalized spacial score (nSPS) is 24.7. The van der Waals surface area contributed by atoms with Gasteiger partial charge in [-0.2, -0.15) is 0 Å². The summed E-state index contributed by atoms with van der Waals surface area (Å²) in [5.74, 6) is 8.83. The molecule has 0 aromatic heterocycles. The van der Waals surface area contributed by atoms with E-state index in [-0.39, 0.29) is 0 Å². The van der Waals surface area contributed by atoms with E-state index in [0.717, 1.165) is 65.1 Å². The van der Waals surface area contributed by atoms with E-state index in [4.69, 9.17) is 0 Å². The minimum Gasteiger partial charge on any atom is -0.0651 e. The third-order valence-corrected chi connectivity index (χ3v) is 9.23. The fourth-order valence-corrected chi connectivity index (χ4v) is 4.85. The molecule has 0 saturated heterocycles. The predicted octanol–water partition coefficient (Wildman–Crippen LogP) is 8.41. The second-order valence-electron chi connectivity index (χ2n) is 10.4. The molecule has 0 N–H and O–H groups in total. The molecular weight excluding hydrogens is 300 g/mol. The van der Waals surface area contributed by atoms with Gasteiger partial charge in [0, 0.05) is 0 Å². The summed E-state index contributed by atoms with van der Waals surface area (Å²) in [6.07, 6.45) is 1.31. The average molecular weight is 353 g/mol. The van der Waals surface area contributed by atoms with Crippen LogP contribution < -0.4 is 0 Å². The SMILES string of the molecule is CCC(C)C(C)C(C)C(C)C(C)C(C)C(C)C(C)C(C)C(C)C(C)C. The van der Waals surface area contributed by atoms with Gasteiger partial charge in [0.2, 0.25) is 0 Å². The Hall–Kier alpha value is 0. The highest BCUT2D eigenvalue weighted by molar-refractivity contribution is 4.83. The Bertz CT molecular complexity index is 344. The van der Waals surface area contributed by atoms with E-state index >= 15 is 0 Å². The maximum atomic E-state index is 2.52. The maximum absolute atomic E-state index is 2.52. The van der Waals surface area contributed by atoms with Crippen molar-refractivity contribution in [2.45, 2.75) is 96.4 Å². The lowest BCUT2D eigenvalue weighted by Gasteiger charge is -2.41. The van der Waals surface area contributed by atoms with Crippen molar-refractivity contribution in [3.05, 3.63) is 0 Å². The van der Waals surface area contributed by atoms with E-state index in [2.05, 4.69) is 90.0 Å². The van der Waals surface area contributed by atoms with Crippen molar-refractivity contribution in [2.24, 2.45) is 65.1 Å². The smallest absolute Gasteiger partial charge is 0.0386 e. The summed E-state index contributed by atoms with van der Waals surface area (Å²) >= 11 is 0. The highest BCUT2D eigenvalue weighted by atomic mass is 14.4. The van der Waals surface area contributed by atoms with E-state index < -0.39 is 0 Å². The molecule has 0 aromatic carbocycles. The van der Waals surface area contributed by atoms with Crippen LogP contribution in [0.3, 0.4) is 0 Å². The first-order chi connectivity index (χ1) is 11.4. The Morgan fingerprint density at radius 2 is 0.600 bits per heavy atom. The number of hydrogen-bond donors (Lipinski definition) is 0. The Labute approximate surface area is 161 Å². The van der Waals surface area contributed by atoms with E-state index in [1.165, 1.54) is 6.42 Å². The summed E-state index contributed by atoms with van der Waals surface area (Å²) in [4.78, 5) is 0. The lowest BCUT2D eigenvalue weighted by Crippen LogP contribution is -2.35. The van der Waals surface area contributed by atoms with Crippen molar-refractivity contribution in [1.29, 1.82) is 0 Å². The quantitative estimate of drug-likeness (QED) is 0.350. The van der Waals surface area contributed by atoms with Crippen LogP contribution in [0, 0.1) is 65.1 Å². The minimum absolute atomic E-state index is 0.785. The van der Waals surface area contributed by atoms with Crippen molar-refractivity contribution in [1.82, 2.24) is 0 Å². The average Bonchev–Trinajstić information content (AvgIpc) is 2.61. The number of rotatable bonds is 11. The Balaban J connectivity index is 4.98. The first-order valence-corrected chi connectivity index (χ1v) is 11.4. The van der Waals surface area contributed by atoms with Gasteiger partial charge in [0.25, 0.3) is 0 Å². The summed E-state index contributed by atoms with van der Waals surface area (Å²) in [6, 6.07) is 0. The van der Waals surface area contributed by atoms with E-state index in [1.54, 1.807) is 0 Å². The molecule has 25 heavy (non-hydrogen) atoms. The van der Waals surface area contributed by atoms with Crippen LogP contribution in [0.25, 0.3) is 0 Å². The largest absolute Gasteiger partial charge is 0.0651 e. The van der Waals surface area contributed by atoms with E-state index in [9.17, 15) is 0 Å². The molecule has 0 aromatic rings. The van der Waals surface area contributed by atoms with Crippen LogP contribution in [0.2, 0.25) is 0 Å². The van der Waals surface area contributed by atoms with Gasteiger partial charge in [-0.15, -0.1) is 0 Å². The standard InChI is InChI=1S/C25H52/c1-14-16(4)18(6)20(8)22(10)24(12)25(13)23(11)21(9)19(7)17(5)15(2)3/h15-25H,14H2,1-13H3. The summed E-state index contributed by atoms with van der Waals surface area (Å²) < 4.78 is 0. The molecule has 10 unspecified atom stereocenters. The Morgan fingerprint density at radius 3 is 0.840 bits per heavy atom. The van der Waals surface area contributed by atoms with Gasteiger partial charge in [0.1, 0.15) is 0 Å². The fourth-order valence-electron chi connectivity index (χ4n) is 4.85. The van der Waals surface area contributed by atoms with Crippen molar-refractivity contribution < 1.29 is 0 Å². The molecule has 0 aliphatic heterocycles. The highest BCUT2D eigenvalue weighted by Gasteiger charge is 2.34. The summed E-state index contributed by atoms with van der Waals surface area (Å²) in [5, 5.41) is 0. The number of hydrogen-bond acceptors (Lipinski definition) is 0. The molecule has 0 aliphatic rings. The van der Waals surface area contributed by atoms with Crippen LogP contribution in [-0.2, 0) is 0 Å². The zero-order valence-electron chi connectivity index (χ0n) is 20.1. The van der Waals surface area contributed by atoms with Gasteiger partial charge in [-0.3, -0.25) is 0 Å². The van der Waals surface area contributed by atoms with Crippen molar-refractivity contribution in [2.75, 3.05) is 0 Å². The molecule has 152 valence electrons. The van der Waals surface area contributed by atoms with E-state index in [1.807, 2.05) is 0 Å². The van der Waals surface area contributed by atoms with Crippen molar-refractivity contribution in [3.63, 3.8) is 0 Å². The van der Waals surface area contributed by atoms with Crippen LogP contribution in [0.4, 0.5) is 0 Å². The lowest BCUT2D eigenvalue weighted by molar-refractivity contribution is 0.0757. The first kappa shape index (κ1) is 25.0. The van der Waals surface area contributed by atoms with Gasteiger partial charge in [-0.05, 0) is 65.1 Å². The van der Waals surface area contributed by atoms with Gasteiger partial charge in [-0.25, -0.2) is 0 Å².